The lowest BCUT2D eigenvalue weighted by Gasteiger charge is -2.04. The molecule has 0 N–H and O–H groups in total. The summed E-state index contributed by atoms with van der Waals surface area (Å²) in [4.78, 5) is 14.4. The molecule has 2 atom stereocenters. The molecule has 2 fully saturated rings. The van der Waals surface area contributed by atoms with Crippen molar-refractivity contribution in [2.24, 2.45) is 0 Å². The predicted octanol–water partition coefficient (Wildman–Crippen LogP) is 3.23. The minimum atomic E-state index is 0.238. The second kappa shape index (κ2) is 4.52. The van der Waals surface area contributed by atoms with E-state index in [0.717, 1.165) is 5.56 Å². The Morgan fingerprint density at radius 3 is 2.12 bits per heavy atom. The molecular weight excluding hydrogens is 210 g/mol. The van der Waals surface area contributed by atoms with Gasteiger partial charge < -0.3 is 4.90 Å². The molecule has 0 spiro atoms. The molecule has 1 saturated carbocycles. The van der Waals surface area contributed by atoms with Crippen molar-refractivity contribution < 1.29 is 4.79 Å². The normalized spacial score (nSPS) is 27.9. The molecule has 0 aromatic heterocycles. The molecule has 0 bridgehead atoms. The molecule has 1 aliphatic heterocycles. The van der Waals surface area contributed by atoms with Crippen LogP contribution in [0.5, 0.6) is 0 Å². The Labute approximate surface area is 103 Å². The SMILES string of the molecule is O=C(c1ccccc1)N1[C@@H]2CCCCCC[C@@H]21. The molecular formula is C15H19NO. The zero-order chi connectivity index (χ0) is 11.7. The van der Waals surface area contributed by atoms with E-state index in [9.17, 15) is 4.79 Å². The van der Waals surface area contributed by atoms with E-state index in [1.807, 2.05) is 30.3 Å². The maximum atomic E-state index is 12.3. The zero-order valence-corrected chi connectivity index (χ0v) is 10.1. The van der Waals surface area contributed by atoms with Gasteiger partial charge in [0.2, 0.25) is 0 Å². The predicted molar refractivity (Wildman–Crippen MR) is 67.9 cm³/mol. The summed E-state index contributed by atoms with van der Waals surface area (Å²) in [6.45, 7) is 0. The fourth-order valence-corrected chi connectivity index (χ4v) is 3.09. The molecule has 1 aromatic carbocycles. The van der Waals surface area contributed by atoms with Crippen molar-refractivity contribution in [1.29, 1.82) is 0 Å². The van der Waals surface area contributed by atoms with Gasteiger partial charge in [-0.1, -0.05) is 43.9 Å². The second-order valence-corrected chi connectivity index (χ2v) is 5.20. The monoisotopic (exact) mass is 229 g/mol. The summed E-state index contributed by atoms with van der Waals surface area (Å²) in [6.07, 6.45) is 7.69. The number of fused-ring (bicyclic) bond motifs is 1. The third kappa shape index (κ3) is 2.08. The number of benzene rings is 1. The van der Waals surface area contributed by atoms with Gasteiger partial charge in [-0.3, -0.25) is 4.79 Å². The summed E-state index contributed by atoms with van der Waals surface area (Å²) < 4.78 is 0. The Hall–Kier alpha value is -1.31. The molecule has 3 rings (SSSR count). The Morgan fingerprint density at radius 1 is 0.941 bits per heavy atom. The molecule has 17 heavy (non-hydrogen) atoms. The molecule has 1 saturated heterocycles. The lowest BCUT2D eigenvalue weighted by molar-refractivity contribution is 0.0862. The Morgan fingerprint density at radius 2 is 1.53 bits per heavy atom. The van der Waals surface area contributed by atoms with Crippen LogP contribution in [0.4, 0.5) is 0 Å². The number of carbonyl (C=O) groups is 1. The first-order valence-corrected chi connectivity index (χ1v) is 6.75. The van der Waals surface area contributed by atoms with Crippen molar-refractivity contribution in [2.75, 3.05) is 0 Å². The van der Waals surface area contributed by atoms with Gasteiger partial charge in [-0.05, 0) is 25.0 Å². The smallest absolute Gasteiger partial charge is 0.254 e. The first-order chi connectivity index (χ1) is 8.38. The van der Waals surface area contributed by atoms with Gasteiger partial charge in [0, 0.05) is 5.56 Å². The van der Waals surface area contributed by atoms with Crippen LogP contribution in [0.2, 0.25) is 0 Å². The molecule has 0 unspecified atom stereocenters. The van der Waals surface area contributed by atoms with E-state index in [1.165, 1.54) is 38.5 Å². The van der Waals surface area contributed by atoms with Gasteiger partial charge in [-0.25, -0.2) is 0 Å². The summed E-state index contributed by atoms with van der Waals surface area (Å²) in [6, 6.07) is 10.8. The van der Waals surface area contributed by atoms with Crippen LogP contribution in [0.15, 0.2) is 30.3 Å². The number of nitrogens with zero attached hydrogens (tertiary/aromatic N) is 1. The van der Waals surface area contributed by atoms with Gasteiger partial charge in [-0.15, -0.1) is 0 Å². The third-order valence-electron chi connectivity index (χ3n) is 4.07. The van der Waals surface area contributed by atoms with Crippen molar-refractivity contribution in [3.63, 3.8) is 0 Å². The van der Waals surface area contributed by atoms with E-state index in [2.05, 4.69) is 4.90 Å². The largest absolute Gasteiger partial charge is 0.329 e. The molecule has 1 aromatic rings. The topological polar surface area (TPSA) is 20.1 Å². The maximum Gasteiger partial charge on any atom is 0.254 e. The highest BCUT2D eigenvalue weighted by molar-refractivity contribution is 5.96. The molecule has 2 heteroatoms. The summed E-state index contributed by atoms with van der Waals surface area (Å²) >= 11 is 0. The Bertz CT molecular complexity index is 387. The molecule has 1 aliphatic carbocycles. The summed E-state index contributed by atoms with van der Waals surface area (Å²) in [5.74, 6) is 0.238. The summed E-state index contributed by atoms with van der Waals surface area (Å²) in [5, 5.41) is 0. The quantitative estimate of drug-likeness (QED) is 0.677. The average Bonchev–Trinajstić information content (AvgIpc) is 3.01. The molecule has 0 radical (unpaired) electrons. The van der Waals surface area contributed by atoms with Crippen molar-refractivity contribution in [3.8, 4) is 0 Å². The van der Waals surface area contributed by atoms with Crippen LogP contribution in [-0.4, -0.2) is 22.9 Å². The molecule has 90 valence electrons. The second-order valence-electron chi connectivity index (χ2n) is 5.20. The lowest BCUT2D eigenvalue weighted by Crippen LogP contribution is -2.14. The minimum Gasteiger partial charge on any atom is -0.329 e. The molecule has 2 nitrogen and oxygen atoms in total. The summed E-state index contributed by atoms with van der Waals surface area (Å²) in [7, 11) is 0. The van der Waals surface area contributed by atoms with E-state index in [-0.39, 0.29) is 5.91 Å². The highest BCUT2D eigenvalue weighted by atomic mass is 16.2. The number of hydrogen-bond acceptors (Lipinski definition) is 1. The van der Waals surface area contributed by atoms with E-state index in [0.29, 0.717) is 12.1 Å². The van der Waals surface area contributed by atoms with Crippen molar-refractivity contribution in [1.82, 2.24) is 4.90 Å². The van der Waals surface area contributed by atoms with Crippen LogP contribution in [-0.2, 0) is 0 Å². The van der Waals surface area contributed by atoms with Gasteiger partial charge in [0.1, 0.15) is 0 Å². The summed E-state index contributed by atoms with van der Waals surface area (Å²) in [5.41, 5.74) is 0.847. The van der Waals surface area contributed by atoms with Crippen LogP contribution < -0.4 is 0 Å². The highest BCUT2D eigenvalue weighted by Crippen LogP contribution is 2.39. The van der Waals surface area contributed by atoms with Gasteiger partial charge in [-0.2, -0.15) is 0 Å². The first-order valence-electron chi connectivity index (χ1n) is 6.75. The highest BCUT2D eigenvalue weighted by Gasteiger charge is 2.49. The van der Waals surface area contributed by atoms with Crippen molar-refractivity contribution in [3.05, 3.63) is 35.9 Å². The molecule has 1 heterocycles. The van der Waals surface area contributed by atoms with E-state index in [4.69, 9.17) is 0 Å². The van der Waals surface area contributed by atoms with E-state index < -0.39 is 0 Å². The number of amides is 1. The number of carbonyl (C=O) groups excluding carboxylic acids is 1. The van der Waals surface area contributed by atoms with E-state index in [1.54, 1.807) is 0 Å². The van der Waals surface area contributed by atoms with Crippen LogP contribution in [0, 0.1) is 0 Å². The fourth-order valence-electron chi connectivity index (χ4n) is 3.09. The maximum absolute atomic E-state index is 12.3. The van der Waals surface area contributed by atoms with Gasteiger partial charge >= 0.3 is 0 Å². The number of hydrogen-bond donors (Lipinski definition) is 0. The van der Waals surface area contributed by atoms with Crippen LogP contribution in [0.25, 0.3) is 0 Å². The lowest BCUT2D eigenvalue weighted by atomic mass is 10.0. The van der Waals surface area contributed by atoms with Crippen molar-refractivity contribution >= 4 is 5.91 Å². The number of rotatable bonds is 1. The van der Waals surface area contributed by atoms with Crippen LogP contribution in [0.1, 0.15) is 48.9 Å². The Kier molecular flexibility index (Phi) is 2.87. The van der Waals surface area contributed by atoms with E-state index >= 15 is 0 Å². The van der Waals surface area contributed by atoms with Crippen molar-refractivity contribution in [2.45, 2.75) is 50.6 Å². The third-order valence-corrected chi connectivity index (χ3v) is 4.07. The van der Waals surface area contributed by atoms with Crippen LogP contribution in [0.3, 0.4) is 0 Å². The standard InChI is InChI=1S/C15H19NO/c17-15(12-8-4-3-5-9-12)16-13-10-6-1-2-7-11-14(13)16/h3-5,8-9,13-14H,1-2,6-7,10-11H2/t13-,14+,16?. The fraction of sp³-hybridized carbons (Fsp3) is 0.533. The van der Waals surface area contributed by atoms with Gasteiger partial charge in [0.25, 0.3) is 5.91 Å². The van der Waals surface area contributed by atoms with Gasteiger partial charge in [0.15, 0.2) is 0 Å². The van der Waals surface area contributed by atoms with Gasteiger partial charge in [0.05, 0.1) is 12.1 Å². The molecule has 1 amide bonds. The average molecular weight is 229 g/mol. The Balaban J connectivity index is 1.72. The zero-order valence-electron chi connectivity index (χ0n) is 10.1. The minimum absolute atomic E-state index is 0.238. The van der Waals surface area contributed by atoms with Crippen LogP contribution >= 0.6 is 0 Å². The first kappa shape index (κ1) is 10.8. The molecule has 2 aliphatic rings.